The normalized spacial score (nSPS) is 17.4. The Morgan fingerprint density at radius 2 is 1.73 bits per heavy atom. The summed E-state index contributed by atoms with van der Waals surface area (Å²) in [7, 11) is -1.41. The third kappa shape index (κ3) is 8.24. The monoisotopic (exact) mass is 875 g/mol. The topological polar surface area (TPSA) is 155 Å². The van der Waals surface area contributed by atoms with E-state index in [2.05, 4.69) is 32.5 Å². The van der Waals surface area contributed by atoms with Crippen LogP contribution in [-0.2, 0) is 21.0 Å². The molecule has 16 heteroatoms. The van der Waals surface area contributed by atoms with Crippen LogP contribution in [-0.4, -0.2) is 83.1 Å². The van der Waals surface area contributed by atoms with Crippen LogP contribution >= 0.6 is 0 Å². The second-order valence-corrected chi connectivity index (χ2v) is 18.9. The molecule has 3 aromatic heterocycles. The molecular formula is C47H51F2N9O4S. The summed E-state index contributed by atoms with van der Waals surface area (Å²) in [5.74, 6) is -0.778. The number of fused-ring (bicyclic) bond motifs is 1. The Bertz CT molecular complexity index is 2980. The SMILES string of the molecule is CC[S@@](=O)(=NC)c1ccc(-n2ccn(C(=Nc3cc(C)c(F)c(C)c3)C3=C(N)CCN(C(=O)c4cc5cc(C6CCOCC6)ccc5n4Cc4cnc(C)cn4)[C@H]3C)c2=O)c(F)c1. The number of aryl methyl sites for hydroxylation is 3. The molecule has 6 aromatic rings. The molecule has 0 bridgehead atoms. The Hall–Kier alpha value is -6.26. The van der Waals surface area contributed by atoms with Crippen molar-refractivity contribution in [3.05, 3.63) is 147 Å². The van der Waals surface area contributed by atoms with Gasteiger partial charge in [-0.1, -0.05) is 13.0 Å². The highest BCUT2D eigenvalue weighted by atomic mass is 32.2. The zero-order chi connectivity index (χ0) is 44.7. The van der Waals surface area contributed by atoms with Crippen LogP contribution in [0, 0.1) is 32.4 Å². The molecule has 0 saturated carbocycles. The van der Waals surface area contributed by atoms with Crippen molar-refractivity contribution in [3.63, 3.8) is 0 Å². The Labute approximate surface area is 365 Å². The van der Waals surface area contributed by atoms with Crippen molar-refractivity contribution in [2.45, 2.75) is 77.3 Å². The average molecular weight is 876 g/mol. The number of carbonyl (C=O) groups is 1. The second kappa shape index (κ2) is 17.5. The lowest BCUT2D eigenvalue weighted by Crippen LogP contribution is -2.48. The van der Waals surface area contributed by atoms with Crippen LogP contribution in [0.15, 0.2) is 110 Å². The Kier molecular flexibility index (Phi) is 12.0. The number of nitrogens with zero attached hydrogens (tertiary/aromatic N) is 8. The van der Waals surface area contributed by atoms with Crippen LogP contribution in [0.5, 0.6) is 0 Å². The first-order chi connectivity index (χ1) is 30.2. The lowest BCUT2D eigenvalue weighted by atomic mass is 9.91. The van der Waals surface area contributed by atoms with Gasteiger partial charge >= 0.3 is 5.69 Å². The van der Waals surface area contributed by atoms with Crippen LogP contribution in [0.4, 0.5) is 14.5 Å². The minimum atomic E-state index is -2.84. The van der Waals surface area contributed by atoms with Gasteiger partial charge in [0.1, 0.15) is 23.2 Å². The van der Waals surface area contributed by atoms with E-state index < -0.39 is 27.3 Å². The number of carbonyl (C=O) groups excluding carboxylic acids is 1. The maximum atomic E-state index is 15.9. The third-order valence-corrected chi connectivity index (χ3v) is 14.6. The van der Waals surface area contributed by atoms with E-state index in [0.717, 1.165) is 40.1 Å². The van der Waals surface area contributed by atoms with Gasteiger partial charge < -0.3 is 19.9 Å². The van der Waals surface area contributed by atoms with Gasteiger partial charge in [0.05, 0.1) is 56.2 Å². The molecule has 63 heavy (non-hydrogen) atoms. The van der Waals surface area contributed by atoms with Crippen LogP contribution < -0.4 is 11.4 Å². The molecule has 2 aliphatic rings. The highest BCUT2D eigenvalue weighted by molar-refractivity contribution is 7.93. The number of hydrogen-bond acceptors (Lipinski definition) is 9. The number of hydrogen-bond donors (Lipinski definition) is 1. The fourth-order valence-electron chi connectivity index (χ4n) is 8.69. The van der Waals surface area contributed by atoms with Gasteiger partial charge in [0.2, 0.25) is 0 Å². The molecule has 2 atom stereocenters. The minimum Gasteiger partial charge on any atom is -0.402 e. The Morgan fingerprint density at radius 1 is 0.984 bits per heavy atom. The van der Waals surface area contributed by atoms with Crippen LogP contribution in [0.1, 0.15) is 77.6 Å². The lowest BCUT2D eigenvalue weighted by Gasteiger charge is -2.36. The van der Waals surface area contributed by atoms with Gasteiger partial charge in [0, 0.05) is 79.7 Å². The summed E-state index contributed by atoms with van der Waals surface area (Å²) < 4.78 is 58.0. The predicted molar refractivity (Wildman–Crippen MR) is 241 cm³/mol. The predicted octanol–water partition coefficient (Wildman–Crippen LogP) is 7.73. The average Bonchev–Trinajstić information content (AvgIpc) is 3.84. The van der Waals surface area contributed by atoms with Crippen LogP contribution in [0.25, 0.3) is 16.6 Å². The van der Waals surface area contributed by atoms with Crippen molar-refractivity contribution in [2.75, 3.05) is 32.6 Å². The standard InChI is InChI=1S/C47H51F2N9O4S/c1-7-63(61,51-6)37-9-11-41(38(48)24-37)56-16-17-57(47(56)60)45(54-35-20-28(2)44(49)29(3)21-35)43-31(5)55(15-12-39(43)50)46(59)42-23-34-22-33(32-13-18-62-19-14-32)8-10-40(34)58(42)27-36-26-52-30(4)25-53-36/h8-11,16-17,20-26,31-32H,7,12-15,18-19,27,50H2,1-6H3/t31-,63-/m0/s1. The molecule has 0 unspecified atom stereocenters. The molecular weight excluding hydrogens is 825 g/mol. The highest BCUT2D eigenvalue weighted by Crippen LogP contribution is 2.33. The zero-order valence-corrected chi connectivity index (χ0v) is 37.1. The van der Waals surface area contributed by atoms with E-state index in [1.807, 2.05) is 24.5 Å². The smallest absolute Gasteiger partial charge is 0.338 e. The molecule has 5 heterocycles. The van der Waals surface area contributed by atoms with E-state index in [1.54, 1.807) is 50.2 Å². The number of nitrogens with two attached hydrogens (primary N) is 1. The summed E-state index contributed by atoms with van der Waals surface area (Å²) in [5.41, 5.74) is 12.0. The fourth-order valence-corrected chi connectivity index (χ4v) is 10.1. The molecule has 328 valence electrons. The number of amides is 1. The van der Waals surface area contributed by atoms with Crippen molar-refractivity contribution in [2.24, 2.45) is 15.1 Å². The van der Waals surface area contributed by atoms with Crippen molar-refractivity contribution in [1.82, 2.24) is 28.6 Å². The van der Waals surface area contributed by atoms with Gasteiger partial charge in [-0.3, -0.25) is 23.9 Å². The number of halogens is 2. The van der Waals surface area contributed by atoms with E-state index in [-0.39, 0.29) is 46.9 Å². The Morgan fingerprint density at radius 3 is 2.40 bits per heavy atom. The molecule has 2 N–H and O–H groups in total. The second-order valence-electron chi connectivity index (χ2n) is 16.2. The summed E-state index contributed by atoms with van der Waals surface area (Å²) in [5, 5.41) is 0.918. The number of aliphatic imine (C=N–C) groups is 1. The molecule has 2 aliphatic heterocycles. The summed E-state index contributed by atoms with van der Waals surface area (Å²) in [6, 6.07) is 14.7. The number of imidazole rings is 1. The zero-order valence-electron chi connectivity index (χ0n) is 36.3. The van der Waals surface area contributed by atoms with Gasteiger partial charge in [-0.25, -0.2) is 27.1 Å². The molecule has 8 rings (SSSR count). The minimum absolute atomic E-state index is 0.0780. The van der Waals surface area contributed by atoms with Gasteiger partial charge in [-0.05, 0) is 112 Å². The maximum absolute atomic E-state index is 15.9. The third-order valence-electron chi connectivity index (χ3n) is 12.2. The van der Waals surface area contributed by atoms with Crippen molar-refractivity contribution in [3.8, 4) is 5.69 Å². The van der Waals surface area contributed by atoms with Crippen LogP contribution in [0.3, 0.4) is 0 Å². The number of aromatic nitrogens is 5. The molecule has 3 aromatic carbocycles. The number of benzene rings is 3. The van der Waals surface area contributed by atoms with E-state index >= 15 is 9.18 Å². The summed E-state index contributed by atoms with van der Waals surface area (Å²) in [6.07, 6.45) is 8.39. The van der Waals surface area contributed by atoms with Gasteiger partial charge in [0.25, 0.3) is 5.91 Å². The van der Waals surface area contributed by atoms with Crippen LogP contribution in [0.2, 0.25) is 0 Å². The summed E-state index contributed by atoms with van der Waals surface area (Å²) in [6.45, 7) is 10.6. The van der Waals surface area contributed by atoms with E-state index in [0.29, 0.717) is 65.1 Å². The number of rotatable bonds is 9. The molecule has 1 fully saturated rings. The molecule has 13 nitrogen and oxygen atoms in total. The van der Waals surface area contributed by atoms with E-state index in [9.17, 15) is 13.4 Å². The van der Waals surface area contributed by atoms with Gasteiger partial charge in [-0.15, -0.1) is 0 Å². The molecule has 0 spiro atoms. The summed E-state index contributed by atoms with van der Waals surface area (Å²) >= 11 is 0. The van der Waals surface area contributed by atoms with Crippen molar-refractivity contribution < 1.29 is 22.5 Å². The first-order valence-corrected chi connectivity index (χ1v) is 22.8. The highest BCUT2D eigenvalue weighted by Gasteiger charge is 2.35. The van der Waals surface area contributed by atoms with Gasteiger partial charge in [-0.2, -0.15) is 0 Å². The maximum Gasteiger partial charge on any atom is 0.338 e. The van der Waals surface area contributed by atoms with Crippen molar-refractivity contribution in [1.29, 1.82) is 0 Å². The first kappa shape index (κ1) is 43.4. The van der Waals surface area contributed by atoms with E-state index in [4.69, 9.17) is 15.5 Å². The quantitative estimate of drug-likeness (QED) is 0.115. The fraction of sp³-hybridized carbons (Fsp3) is 0.340. The van der Waals surface area contributed by atoms with E-state index in [1.165, 1.54) is 41.7 Å². The molecule has 1 amide bonds. The van der Waals surface area contributed by atoms with Gasteiger partial charge in [0.15, 0.2) is 0 Å². The largest absolute Gasteiger partial charge is 0.402 e. The summed E-state index contributed by atoms with van der Waals surface area (Å²) in [4.78, 5) is 45.6. The molecule has 1 saturated heterocycles. The lowest BCUT2D eigenvalue weighted by molar-refractivity contribution is 0.0700. The Balaban J connectivity index is 1.22. The number of ether oxygens (including phenoxy) is 1. The molecule has 0 aliphatic carbocycles. The van der Waals surface area contributed by atoms with Crippen molar-refractivity contribution >= 4 is 38.1 Å². The molecule has 0 radical (unpaired) electrons. The first-order valence-electron chi connectivity index (χ1n) is 21.1.